The van der Waals surface area contributed by atoms with E-state index in [0.29, 0.717) is 19.7 Å². The van der Waals surface area contributed by atoms with Crippen LogP contribution in [-0.2, 0) is 11.3 Å². The number of hydrogen-bond acceptors (Lipinski definition) is 3. The van der Waals surface area contributed by atoms with Gasteiger partial charge in [0.05, 0.1) is 17.1 Å². The van der Waals surface area contributed by atoms with Gasteiger partial charge in [-0.1, -0.05) is 22.9 Å². The summed E-state index contributed by atoms with van der Waals surface area (Å²) in [6.07, 6.45) is 0.936. The molecule has 0 aliphatic carbocycles. The molecule has 6 heteroatoms. The Morgan fingerprint density at radius 2 is 2.05 bits per heavy atom. The van der Waals surface area contributed by atoms with E-state index in [1.807, 2.05) is 32.9 Å². The number of benzene rings is 1. The molecule has 0 spiro atoms. The molecule has 0 aliphatic heterocycles. The Hall–Kier alpha value is -0.590. The Morgan fingerprint density at radius 3 is 2.67 bits per heavy atom. The van der Waals surface area contributed by atoms with Gasteiger partial charge in [0.2, 0.25) is 5.91 Å². The molecule has 0 radical (unpaired) electrons. The molecule has 1 aromatic carbocycles. The molecule has 0 fully saturated rings. The molecule has 118 valence electrons. The molecule has 21 heavy (non-hydrogen) atoms. The first-order valence-electron chi connectivity index (χ1n) is 7.11. The van der Waals surface area contributed by atoms with Crippen LogP contribution in [0.3, 0.4) is 0 Å². The fraction of sp³-hybridized carbons (Fsp3) is 0.533. The lowest BCUT2D eigenvalue weighted by molar-refractivity contribution is -0.122. The summed E-state index contributed by atoms with van der Waals surface area (Å²) in [4.78, 5) is 11.8. The van der Waals surface area contributed by atoms with Crippen molar-refractivity contribution in [3.63, 3.8) is 0 Å². The van der Waals surface area contributed by atoms with Crippen LogP contribution in [0.2, 0.25) is 0 Å². The summed E-state index contributed by atoms with van der Waals surface area (Å²) in [7, 11) is 0. The third-order valence-electron chi connectivity index (χ3n) is 2.92. The van der Waals surface area contributed by atoms with E-state index in [1.165, 1.54) is 0 Å². The van der Waals surface area contributed by atoms with Crippen LogP contribution in [-0.4, -0.2) is 25.1 Å². The fourth-order valence-electron chi connectivity index (χ4n) is 1.81. The molecule has 0 saturated heterocycles. The monoisotopic (exact) mass is 420 g/mol. The lowest BCUT2D eigenvalue weighted by atomic mass is 10.2. The number of rotatable bonds is 8. The standard InChI is InChI=1S/C15H22Br2N2O2/c1-4-6-18-15(20)10(3)19-9-11-7-12(16)8-13(17)14(11)21-5-2/h7-8,10,19H,4-6,9H2,1-3H3,(H,18,20). The number of hydrogen-bond donors (Lipinski definition) is 2. The number of carbonyl (C=O) groups excluding carboxylic acids is 1. The van der Waals surface area contributed by atoms with Crippen LogP contribution in [0.5, 0.6) is 5.75 Å². The van der Waals surface area contributed by atoms with Gasteiger partial charge in [0.25, 0.3) is 0 Å². The molecule has 1 unspecified atom stereocenters. The van der Waals surface area contributed by atoms with E-state index >= 15 is 0 Å². The molecule has 0 aromatic heterocycles. The maximum atomic E-state index is 11.8. The van der Waals surface area contributed by atoms with Gasteiger partial charge in [-0.3, -0.25) is 4.79 Å². The fourth-order valence-corrected chi connectivity index (χ4v) is 3.24. The first kappa shape index (κ1) is 18.5. The van der Waals surface area contributed by atoms with Crippen LogP contribution >= 0.6 is 31.9 Å². The second-order valence-electron chi connectivity index (χ2n) is 4.70. The predicted molar refractivity (Wildman–Crippen MR) is 92.6 cm³/mol. The van der Waals surface area contributed by atoms with Crippen molar-refractivity contribution in [2.24, 2.45) is 0 Å². The average molecular weight is 422 g/mol. The molecule has 4 nitrogen and oxygen atoms in total. The summed E-state index contributed by atoms with van der Waals surface area (Å²) in [5.74, 6) is 0.832. The zero-order valence-electron chi connectivity index (χ0n) is 12.6. The van der Waals surface area contributed by atoms with Crippen molar-refractivity contribution in [1.29, 1.82) is 0 Å². The van der Waals surface area contributed by atoms with Crippen molar-refractivity contribution in [2.75, 3.05) is 13.2 Å². The zero-order chi connectivity index (χ0) is 15.8. The Kier molecular flexibility index (Phi) is 8.29. The summed E-state index contributed by atoms with van der Waals surface area (Å²) < 4.78 is 7.54. The van der Waals surface area contributed by atoms with E-state index in [-0.39, 0.29) is 11.9 Å². The van der Waals surface area contributed by atoms with E-state index in [9.17, 15) is 4.79 Å². The number of halogens is 2. The van der Waals surface area contributed by atoms with Gasteiger partial charge in [-0.2, -0.15) is 0 Å². The molecule has 0 saturated carbocycles. The van der Waals surface area contributed by atoms with Crippen molar-refractivity contribution >= 4 is 37.8 Å². The second-order valence-corrected chi connectivity index (χ2v) is 6.47. The maximum absolute atomic E-state index is 11.8. The maximum Gasteiger partial charge on any atom is 0.236 e. The van der Waals surface area contributed by atoms with Gasteiger partial charge >= 0.3 is 0 Å². The SMILES string of the molecule is CCCNC(=O)C(C)NCc1cc(Br)cc(Br)c1OCC. The van der Waals surface area contributed by atoms with Crippen LogP contribution in [0.25, 0.3) is 0 Å². The predicted octanol–water partition coefficient (Wildman–Crippen LogP) is 3.61. The molecule has 1 aromatic rings. The Morgan fingerprint density at radius 1 is 1.33 bits per heavy atom. The van der Waals surface area contributed by atoms with E-state index in [1.54, 1.807) is 0 Å². The van der Waals surface area contributed by atoms with Crippen LogP contribution in [0.15, 0.2) is 21.1 Å². The first-order chi connectivity index (χ1) is 9.99. The van der Waals surface area contributed by atoms with Crippen LogP contribution < -0.4 is 15.4 Å². The summed E-state index contributed by atoms with van der Waals surface area (Å²) >= 11 is 6.98. The lowest BCUT2D eigenvalue weighted by Gasteiger charge is -2.17. The third-order valence-corrected chi connectivity index (χ3v) is 3.96. The molecule has 1 rings (SSSR count). The Labute approximate surface area is 143 Å². The number of nitrogens with one attached hydrogen (secondary N) is 2. The molecule has 0 heterocycles. The van der Waals surface area contributed by atoms with Crippen molar-refractivity contribution in [1.82, 2.24) is 10.6 Å². The van der Waals surface area contributed by atoms with Crippen LogP contribution in [0, 0.1) is 0 Å². The van der Waals surface area contributed by atoms with Gasteiger partial charge in [0, 0.05) is 23.1 Å². The highest BCUT2D eigenvalue weighted by Crippen LogP contribution is 2.33. The Bertz CT molecular complexity index is 481. The van der Waals surface area contributed by atoms with E-state index in [0.717, 1.165) is 26.7 Å². The van der Waals surface area contributed by atoms with Gasteiger partial charge in [-0.25, -0.2) is 0 Å². The molecular weight excluding hydrogens is 400 g/mol. The molecular formula is C15H22Br2N2O2. The minimum atomic E-state index is -0.246. The highest BCUT2D eigenvalue weighted by Gasteiger charge is 2.14. The minimum Gasteiger partial charge on any atom is -0.492 e. The second kappa shape index (κ2) is 9.43. The van der Waals surface area contributed by atoms with Crippen LogP contribution in [0.4, 0.5) is 0 Å². The van der Waals surface area contributed by atoms with Crippen molar-refractivity contribution in [3.8, 4) is 5.75 Å². The van der Waals surface area contributed by atoms with Gasteiger partial charge in [-0.15, -0.1) is 0 Å². The largest absolute Gasteiger partial charge is 0.492 e. The van der Waals surface area contributed by atoms with Gasteiger partial charge < -0.3 is 15.4 Å². The number of ether oxygens (including phenoxy) is 1. The quantitative estimate of drug-likeness (QED) is 0.673. The zero-order valence-corrected chi connectivity index (χ0v) is 15.8. The van der Waals surface area contributed by atoms with E-state index in [4.69, 9.17) is 4.74 Å². The van der Waals surface area contributed by atoms with Crippen LogP contribution in [0.1, 0.15) is 32.8 Å². The highest BCUT2D eigenvalue weighted by molar-refractivity contribution is 9.11. The van der Waals surface area contributed by atoms with E-state index in [2.05, 4.69) is 42.5 Å². The summed E-state index contributed by atoms with van der Waals surface area (Å²) in [6, 6.07) is 3.70. The molecule has 2 N–H and O–H groups in total. The molecule has 1 amide bonds. The smallest absolute Gasteiger partial charge is 0.236 e. The summed E-state index contributed by atoms with van der Waals surface area (Å²) in [5.41, 5.74) is 1.01. The highest BCUT2D eigenvalue weighted by atomic mass is 79.9. The van der Waals surface area contributed by atoms with Gasteiger partial charge in [0.15, 0.2) is 0 Å². The normalized spacial score (nSPS) is 12.0. The Balaban J connectivity index is 2.72. The topological polar surface area (TPSA) is 50.4 Å². The van der Waals surface area contributed by atoms with Gasteiger partial charge in [-0.05, 0) is 48.3 Å². The van der Waals surface area contributed by atoms with Crippen molar-refractivity contribution in [3.05, 3.63) is 26.6 Å². The lowest BCUT2D eigenvalue weighted by Crippen LogP contribution is -2.42. The molecule has 0 bridgehead atoms. The molecule has 0 aliphatic rings. The summed E-state index contributed by atoms with van der Waals surface area (Å²) in [5, 5.41) is 6.11. The number of amides is 1. The number of carbonyl (C=O) groups is 1. The van der Waals surface area contributed by atoms with Crippen molar-refractivity contribution in [2.45, 2.75) is 39.8 Å². The average Bonchev–Trinajstić information content (AvgIpc) is 2.45. The third kappa shape index (κ3) is 5.96. The molecule has 1 atom stereocenters. The van der Waals surface area contributed by atoms with E-state index < -0.39 is 0 Å². The summed E-state index contributed by atoms with van der Waals surface area (Å²) in [6.45, 7) is 7.71. The van der Waals surface area contributed by atoms with Crippen molar-refractivity contribution < 1.29 is 9.53 Å². The minimum absolute atomic E-state index is 0.0175. The van der Waals surface area contributed by atoms with Gasteiger partial charge in [0.1, 0.15) is 5.75 Å². The first-order valence-corrected chi connectivity index (χ1v) is 8.70.